The van der Waals surface area contributed by atoms with Crippen LogP contribution in [0.5, 0.6) is 5.88 Å². The molecule has 2 aromatic rings. The summed E-state index contributed by atoms with van der Waals surface area (Å²) < 4.78 is 16.4. The molecule has 2 saturated heterocycles. The van der Waals surface area contributed by atoms with Crippen LogP contribution in [0.1, 0.15) is 24.0 Å². The van der Waals surface area contributed by atoms with Gasteiger partial charge in [-0.15, -0.1) is 0 Å². The standard InChI is InChI=1S/C21H24N2O5/c1-26-19-9-16(7-8-22-19)21(25)10-17-13-27-14-18(11-21)23(17)20(24)28-12-15-5-3-2-4-6-15/h2-9,17-18,25H,10-14H2,1H3. The highest BCUT2D eigenvalue weighted by atomic mass is 16.6. The van der Waals surface area contributed by atoms with Gasteiger partial charge in [0.05, 0.1) is 38.0 Å². The van der Waals surface area contributed by atoms with E-state index in [1.54, 1.807) is 30.3 Å². The fraction of sp³-hybridized carbons (Fsp3) is 0.429. The molecule has 0 aliphatic carbocycles. The van der Waals surface area contributed by atoms with Crippen LogP contribution in [0.3, 0.4) is 0 Å². The third kappa shape index (κ3) is 3.68. The Balaban J connectivity index is 1.49. The number of fused-ring (bicyclic) bond motifs is 2. The van der Waals surface area contributed by atoms with Crippen molar-refractivity contribution < 1.29 is 24.1 Å². The third-order valence-electron chi connectivity index (χ3n) is 5.45. The van der Waals surface area contributed by atoms with Crippen molar-refractivity contribution in [3.05, 3.63) is 59.8 Å². The first kappa shape index (κ1) is 18.7. The van der Waals surface area contributed by atoms with Crippen LogP contribution in [0, 0.1) is 0 Å². The molecule has 0 spiro atoms. The number of morpholine rings is 1. The molecule has 1 amide bonds. The van der Waals surface area contributed by atoms with E-state index in [4.69, 9.17) is 14.2 Å². The minimum absolute atomic E-state index is 0.224. The van der Waals surface area contributed by atoms with Gasteiger partial charge in [0.15, 0.2) is 0 Å². The predicted octanol–water partition coefficient (Wildman–Crippen LogP) is 2.48. The summed E-state index contributed by atoms with van der Waals surface area (Å²) in [6.45, 7) is 0.977. The highest BCUT2D eigenvalue weighted by Gasteiger charge is 2.49. The highest BCUT2D eigenvalue weighted by Crippen LogP contribution is 2.41. The normalized spacial score (nSPS) is 26.6. The minimum atomic E-state index is -1.06. The Morgan fingerprint density at radius 2 is 1.96 bits per heavy atom. The van der Waals surface area contributed by atoms with E-state index in [1.807, 2.05) is 30.3 Å². The Kier molecular flexibility index (Phi) is 5.19. The van der Waals surface area contributed by atoms with E-state index < -0.39 is 5.60 Å². The second-order valence-electron chi connectivity index (χ2n) is 7.32. The summed E-state index contributed by atoms with van der Waals surface area (Å²) in [5, 5.41) is 11.4. The fourth-order valence-electron chi connectivity index (χ4n) is 4.11. The average Bonchev–Trinajstić information content (AvgIpc) is 2.72. The molecule has 2 aliphatic heterocycles. The first-order chi connectivity index (χ1) is 13.6. The summed E-state index contributed by atoms with van der Waals surface area (Å²) >= 11 is 0. The summed E-state index contributed by atoms with van der Waals surface area (Å²) in [5.41, 5.74) is 0.620. The number of hydrogen-bond acceptors (Lipinski definition) is 6. The molecule has 2 aliphatic rings. The van der Waals surface area contributed by atoms with Crippen molar-refractivity contribution in [3.63, 3.8) is 0 Å². The number of amides is 1. The maximum atomic E-state index is 12.8. The summed E-state index contributed by atoms with van der Waals surface area (Å²) in [6.07, 6.45) is 2.00. The summed E-state index contributed by atoms with van der Waals surface area (Å²) in [4.78, 5) is 18.6. The van der Waals surface area contributed by atoms with E-state index in [1.165, 1.54) is 0 Å². The summed E-state index contributed by atoms with van der Waals surface area (Å²) in [6, 6.07) is 12.6. The molecule has 1 N–H and O–H groups in total. The Labute approximate surface area is 163 Å². The molecule has 1 aromatic heterocycles. The molecule has 2 fully saturated rings. The molecule has 1 aromatic carbocycles. The zero-order chi connectivity index (χ0) is 19.6. The number of piperidine rings is 1. The van der Waals surface area contributed by atoms with Crippen LogP contribution < -0.4 is 4.74 Å². The lowest BCUT2D eigenvalue weighted by atomic mass is 9.77. The molecule has 0 radical (unpaired) electrons. The molecular formula is C21H24N2O5. The molecule has 0 saturated carbocycles. The van der Waals surface area contributed by atoms with Crippen molar-refractivity contribution >= 4 is 6.09 Å². The first-order valence-corrected chi connectivity index (χ1v) is 9.39. The zero-order valence-electron chi connectivity index (χ0n) is 15.8. The summed E-state index contributed by atoms with van der Waals surface area (Å²) in [7, 11) is 1.55. The highest BCUT2D eigenvalue weighted by molar-refractivity contribution is 5.69. The van der Waals surface area contributed by atoms with Gasteiger partial charge < -0.3 is 19.3 Å². The van der Waals surface area contributed by atoms with Gasteiger partial charge in [-0.25, -0.2) is 9.78 Å². The predicted molar refractivity (Wildman–Crippen MR) is 101 cm³/mol. The van der Waals surface area contributed by atoms with Crippen molar-refractivity contribution in [2.75, 3.05) is 20.3 Å². The van der Waals surface area contributed by atoms with Gasteiger partial charge in [-0.05, 0) is 17.2 Å². The number of methoxy groups -OCH3 is 1. The van der Waals surface area contributed by atoms with Crippen LogP contribution in [-0.4, -0.2) is 53.5 Å². The number of carbonyl (C=O) groups is 1. The number of pyridine rings is 1. The quantitative estimate of drug-likeness (QED) is 0.872. The number of hydrogen-bond donors (Lipinski definition) is 1. The van der Waals surface area contributed by atoms with E-state index in [9.17, 15) is 9.90 Å². The van der Waals surface area contributed by atoms with E-state index in [0.717, 1.165) is 11.1 Å². The number of benzene rings is 1. The number of ether oxygens (including phenoxy) is 3. The van der Waals surface area contributed by atoms with E-state index >= 15 is 0 Å². The van der Waals surface area contributed by atoms with Crippen molar-refractivity contribution in [2.24, 2.45) is 0 Å². The van der Waals surface area contributed by atoms with Crippen molar-refractivity contribution in [1.29, 1.82) is 0 Å². The number of aromatic nitrogens is 1. The molecule has 4 rings (SSSR count). The smallest absolute Gasteiger partial charge is 0.410 e. The molecule has 28 heavy (non-hydrogen) atoms. The third-order valence-corrected chi connectivity index (χ3v) is 5.45. The molecule has 7 heteroatoms. The lowest BCUT2D eigenvalue weighted by Crippen LogP contribution is -2.62. The maximum absolute atomic E-state index is 12.8. The largest absolute Gasteiger partial charge is 0.481 e. The van der Waals surface area contributed by atoms with E-state index in [2.05, 4.69) is 4.98 Å². The van der Waals surface area contributed by atoms with Gasteiger partial charge in [-0.1, -0.05) is 30.3 Å². The molecule has 148 valence electrons. The van der Waals surface area contributed by atoms with E-state index in [0.29, 0.717) is 31.9 Å². The molecular weight excluding hydrogens is 360 g/mol. The van der Waals surface area contributed by atoms with Gasteiger partial charge in [0, 0.05) is 25.1 Å². The van der Waals surface area contributed by atoms with Crippen LogP contribution in [0.2, 0.25) is 0 Å². The van der Waals surface area contributed by atoms with Crippen LogP contribution in [0.25, 0.3) is 0 Å². The Morgan fingerprint density at radius 1 is 1.25 bits per heavy atom. The molecule has 2 bridgehead atoms. The number of rotatable bonds is 4. The number of nitrogens with zero attached hydrogens (tertiary/aromatic N) is 2. The van der Waals surface area contributed by atoms with Gasteiger partial charge in [-0.2, -0.15) is 0 Å². The zero-order valence-corrected chi connectivity index (χ0v) is 15.8. The second-order valence-corrected chi connectivity index (χ2v) is 7.32. The molecule has 7 nitrogen and oxygen atoms in total. The van der Waals surface area contributed by atoms with E-state index in [-0.39, 0.29) is 24.8 Å². The maximum Gasteiger partial charge on any atom is 0.410 e. The van der Waals surface area contributed by atoms with Gasteiger partial charge in [0.1, 0.15) is 6.61 Å². The number of carbonyl (C=O) groups excluding carboxylic acids is 1. The average molecular weight is 384 g/mol. The van der Waals surface area contributed by atoms with Crippen LogP contribution >= 0.6 is 0 Å². The van der Waals surface area contributed by atoms with Gasteiger partial charge in [0.2, 0.25) is 5.88 Å². The van der Waals surface area contributed by atoms with Crippen LogP contribution in [0.4, 0.5) is 4.79 Å². The first-order valence-electron chi connectivity index (χ1n) is 9.39. The van der Waals surface area contributed by atoms with Gasteiger partial charge in [-0.3, -0.25) is 4.90 Å². The summed E-state index contributed by atoms with van der Waals surface area (Å²) in [5.74, 6) is 0.456. The Hall–Kier alpha value is -2.64. The Morgan fingerprint density at radius 3 is 2.64 bits per heavy atom. The van der Waals surface area contributed by atoms with Crippen molar-refractivity contribution in [1.82, 2.24) is 9.88 Å². The number of aliphatic hydroxyl groups is 1. The molecule has 2 atom stereocenters. The van der Waals surface area contributed by atoms with Gasteiger partial charge in [0.25, 0.3) is 0 Å². The lowest BCUT2D eigenvalue weighted by molar-refractivity contribution is -0.137. The Bertz CT molecular complexity index is 815. The monoisotopic (exact) mass is 384 g/mol. The lowest BCUT2D eigenvalue weighted by Gasteiger charge is -2.50. The molecule has 2 unspecified atom stereocenters. The van der Waals surface area contributed by atoms with Crippen molar-refractivity contribution in [2.45, 2.75) is 37.1 Å². The SMILES string of the molecule is COc1cc(C2(O)CC3COCC(C2)N3C(=O)OCc2ccccc2)ccn1. The second kappa shape index (κ2) is 7.77. The van der Waals surface area contributed by atoms with Crippen LogP contribution in [0.15, 0.2) is 48.7 Å². The molecule has 3 heterocycles. The minimum Gasteiger partial charge on any atom is -0.481 e. The van der Waals surface area contributed by atoms with Gasteiger partial charge >= 0.3 is 6.09 Å². The fourth-order valence-corrected chi connectivity index (χ4v) is 4.11. The van der Waals surface area contributed by atoms with Crippen LogP contribution in [-0.2, 0) is 21.7 Å². The topological polar surface area (TPSA) is 81.1 Å². The van der Waals surface area contributed by atoms with Crippen molar-refractivity contribution in [3.8, 4) is 5.88 Å².